The zero-order valence-electron chi connectivity index (χ0n) is 14.1. The molecule has 0 aliphatic heterocycles. The first kappa shape index (κ1) is 14.9. The summed E-state index contributed by atoms with van der Waals surface area (Å²) in [5.74, 6) is 4.06. The Morgan fingerprint density at radius 1 is 1.05 bits per heavy atom. The first-order valence-electron chi connectivity index (χ1n) is 9.34. The normalized spacial score (nSPS) is 54.3. The Hall–Kier alpha value is -0.630. The Balaban J connectivity index is 1.59. The van der Waals surface area contributed by atoms with Gasteiger partial charge in [-0.25, -0.2) is 0 Å². The van der Waals surface area contributed by atoms with Gasteiger partial charge in [-0.05, 0) is 94.0 Å². The molecule has 4 aliphatic carbocycles. The minimum absolute atomic E-state index is 0.0804. The highest BCUT2D eigenvalue weighted by Crippen LogP contribution is 2.60. The highest BCUT2D eigenvalue weighted by atomic mass is 16.3. The molecule has 2 heteroatoms. The van der Waals surface area contributed by atoms with Gasteiger partial charge in [-0.1, -0.05) is 13.0 Å². The van der Waals surface area contributed by atoms with Crippen molar-refractivity contribution < 1.29 is 9.90 Å². The van der Waals surface area contributed by atoms with Crippen LogP contribution in [0.15, 0.2) is 12.2 Å². The van der Waals surface area contributed by atoms with Crippen molar-refractivity contribution in [2.24, 2.45) is 35.0 Å². The summed E-state index contributed by atoms with van der Waals surface area (Å²) in [6.45, 7) is 4.26. The number of carbonyl (C=O) groups excluding carboxylic acids is 1. The summed E-state index contributed by atoms with van der Waals surface area (Å²) < 4.78 is 0. The topological polar surface area (TPSA) is 37.3 Å². The first-order chi connectivity index (χ1) is 10.4. The van der Waals surface area contributed by atoms with E-state index in [0.29, 0.717) is 11.7 Å². The molecule has 0 radical (unpaired) electrons. The lowest BCUT2D eigenvalue weighted by atomic mass is 9.47. The van der Waals surface area contributed by atoms with Crippen LogP contribution in [-0.4, -0.2) is 16.5 Å². The van der Waals surface area contributed by atoms with Crippen molar-refractivity contribution in [1.29, 1.82) is 0 Å². The fraction of sp³-hybridized carbons (Fsp3) is 0.850. The number of hydrogen-bond donors (Lipinski definition) is 1. The van der Waals surface area contributed by atoms with Crippen LogP contribution in [0.1, 0.15) is 65.2 Å². The highest BCUT2D eigenvalue weighted by Gasteiger charge is 2.55. The van der Waals surface area contributed by atoms with E-state index in [1.54, 1.807) is 0 Å². The summed E-state index contributed by atoms with van der Waals surface area (Å²) in [7, 11) is 0. The molecule has 0 aromatic rings. The van der Waals surface area contributed by atoms with Crippen molar-refractivity contribution in [2.75, 3.05) is 0 Å². The van der Waals surface area contributed by atoms with E-state index in [0.717, 1.165) is 49.4 Å². The van der Waals surface area contributed by atoms with Gasteiger partial charge in [0.2, 0.25) is 0 Å². The molecule has 0 saturated heterocycles. The van der Waals surface area contributed by atoms with Gasteiger partial charge in [-0.15, -0.1) is 0 Å². The number of ketones is 1. The van der Waals surface area contributed by atoms with E-state index >= 15 is 0 Å². The van der Waals surface area contributed by atoms with E-state index in [9.17, 15) is 9.90 Å². The van der Waals surface area contributed by atoms with Crippen LogP contribution in [0.2, 0.25) is 0 Å². The standard InChI is InChI=1S/C20H30O2/c1-19(22)10-8-14-13(12-19)6-7-16-15(14)9-11-20(2)17(16)4-3-5-18(20)21/h3,5,13-17,22H,4,6-12H2,1-2H3/t13-,14+,15-,16-,17+,19-,20+/m1/s1. The van der Waals surface area contributed by atoms with Crippen LogP contribution >= 0.6 is 0 Å². The molecular weight excluding hydrogens is 272 g/mol. The Morgan fingerprint density at radius 3 is 2.64 bits per heavy atom. The third-order valence-corrected chi connectivity index (χ3v) is 7.85. The third kappa shape index (κ3) is 2.13. The zero-order chi connectivity index (χ0) is 15.5. The second-order valence-electron chi connectivity index (χ2n) is 9.13. The van der Waals surface area contributed by atoms with Gasteiger partial charge >= 0.3 is 0 Å². The van der Waals surface area contributed by atoms with Gasteiger partial charge < -0.3 is 5.11 Å². The minimum atomic E-state index is -0.430. The molecule has 0 heterocycles. The summed E-state index contributed by atoms with van der Waals surface area (Å²) in [4.78, 5) is 12.5. The number of aliphatic hydroxyl groups is 1. The number of fused-ring (bicyclic) bond motifs is 5. The molecule has 122 valence electrons. The average Bonchev–Trinajstić information content (AvgIpc) is 2.47. The van der Waals surface area contributed by atoms with Gasteiger partial charge in [0.15, 0.2) is 5.78 Å². The van der Waals surface area contributed by atoms with Crippen LogP contribution < -0.4 is 0 Å². The van der Waals surface area contributed by atoms with Crippen LogP contribution in [0.5, 0.6) is 0 Å². The maximum absolute atomic E-state index is 12.5. The quantitative estimate of drug-likeness (QED) is 0.730. The van der Waals surface area contributed by atoms with E-state index in [2.05, 4.69) is 13.0 Å². The molecule has 0 aromatic carbocycles. The lowest BCUT2D eigenvalue weighted by Gasteiger charge is -2.57. The molecule has 0 bridgehead atoms. The second-order valence-corrected chi connectivity index (χ2v) is 9.13. The van der Waals surface area contributed by atoms with Crippen LogP contribution in [0.25, 0.3) is 0 Å². The molecule has 4 aliphatic rings. The van der Waals surface area contributed by atoms with E-state index in [4.69, 9.17) is 0 Å². The van der Waals surface area contributed by atoms with Gasteiger partial charge in [0, 0.05) is 5.41 Å². The van der Waals surface area contributed by atoms with Crippen LogP contribution in [0.3, 0.4) is 0 Å². The van der Waals surface area contributed by atoms with Gasteiger partial charge in [0.1, 0.15) is 0 Å². The lowest BCUT2D eigenvalue weighted by molar-refractivity contribution is -0.140. The van der Waals surface area contributed by atoms with Crippen molar-refractivity contribution in [3.05, 3.63) is 12.2 Å². The van der Waals surface area contributed by atoms with Crippen LogP contribution in [0, 0.1) is 35.0 Å². The molecule has 7 atom stereocenters. The SMILES string of the molecule is C[C@@]1(O)CC[C@H]2[C@H](CC[C@@H]3[C@@H]2CC[C@]2(C)C(=O)C=CC[C@@H]32)C1. The Kier molecular flexibility index (Phi) is 3.35. The van der Waals surface area contributed by atoms with Crippen LogP contribution in [-0.2, 0) is 4.79 Å². The smallest absolute Gasteiger partial charge is 0.161 e. The summed E-state index contributed by atoms with van der Waals surface area (Å²) in [5.41, 5.74) is -0.510. The van der Waals surface area contributed by atoms with Crippen molar-refractivity contribution in [2.45, 2.75) is 70.8 Å². The zero-order valence-corrected chi connectivity index (χ0v) is 14.1. The molecule has 4 rings (SSSR count). The second kappa shape index (κ2) is 4.93. The lowest BCUT2D eigenvalue weighted by Crippen LogP contribution is -2.53. The Bertz CT molecular complexity index is 506. The van der Waals surface area contributed by atoms with Gasteiger partial charge in [-0.3, -0.25) is 4.79 Å². The predicted octanol–water partition coefficient (Wildman–Crippen LogP) is 4.13. The first-order valence-corrected chi connectivity index (χ1v) is 9.34. The monoisotopic (exact) mass is 302 g/mol. The fourth-order valence-corrected chi connectivity index (χ4v) is 6.65. The van der Waals surface area contributed by atoms with Gasteiger partial charge in [0.05, 0.1) is 5.60 Å². The van der Waals surface area contributed by atoms with Gasteiger partial charge in [0.25, 0.3) is 0 Å². The summed E-state index contributed by atoms with van der Waals surface area (Å²) in [5, 5.41) is 10.4. The molecular formula is C20H30O2. The van der Waals surface area contributed by atoms with Crippen molar-refractivity contribution in [3.63, 3.8) is 0 Å². The van der Waals surface area contributed by atoms with Crippen molar-refractivity contribution in [1.82, 2.24) is 0 Å². The third-order valence-electron chi connectivity index (χ3n) is 7.85. The van der Waals surface area contributed by atoms with Crippen molar-refractivity contribution in [3.8, 4) is 0 Å². The van der Waals surface area contributed by atoms with E-state index in [1.807, 2.05) is 13.0 Å². The molecule has 0 unspecified atom stereocenters. The molecule has 3 saturated carbocycles. The maximum Gasteiger partial charge on any atom is 0.161 e. The molecule has 0 amide bonds. The Labute approximate surface area is 134 Å². The fourth-order valence-electron chi connectivity index (χ4n) is 6.65. The Morgan fingerprint density at radius 2 is 1.82 bits per heavy atom. The number of allylic oxidation sites excluding steroid dienone is 2. The molecule has 22 heavy (non-hydrogen) atoms. The van der Waals surface area contributed by atoms with E-state index < -0.39 is 5.60 Å². The van der Waals surface area contributed by atoms with E-state index in [1.165, 1.54) is 25.7 Å². The maximum atomic E-state index is 12.5. The predicted molar refractivity (Wildman–Crippen MR) is 87.3 cm³/mol. The van der Waals surface area contributed by atoms with E-state index in [-0.39, 0.29) is 5.41 Å². The largest absolute Gasteiger partial charge is 0.390 e. The summed E-state index contributed by atoms with van der Waals surface area (Å²) in [6, 6.07) is 0. The molecule has 0 aromatic heterocycles. The number of carbonyl (C=O) groups is 1. The summed E-state index contributed by atoms with van der Waals surface area (Å²) >= 11 is 0. The number of rotatable bonds is 0. The molecule has 2 nitrogen and oxygen atoms in total. The average molecular weight is 302 g/mol. The van der Waals surface area contributed by atoms with Gasteiger partial charge in [-0.2, -0.15) is 0 Å². The molecule has 0 spiro atoms. The highest BCUT2D eigenvalue weighted by molar-refractivity contribution is 5.95. The minimum Gasteiger partial charge on any atom is -0.390 e. The van der Waals surface area contributed by atoms with Crippen LogP contribution in [0.4, 0.5) is 0 Å². The number of hydrogen-bond acceptors (Lipinski definition) is 2. The summed E-state index contributed by atoms with van der Waals surface area (Å²) in [6.07, 6.45) is 13.1. The molecule has 1 N–H and O–H groups in total. The van der Waals surface area contributed by atoms with Crippen molar-refractivity contribution >= 4 is 5.78 Å². The molecule has 3 fully saturated rings.